The molecule has 0 fully saturated rings. The van der Waals surface area contributed by atoms with E-state index in [-0.39, 0.29) is 6.61 Å². The van der Waals surface area contributed by atoms with Gasteiger partial charge in [-0.3, -0.25) is 0 Å². The third kappa shape index (κ3) is 2.91. The molecule has 0 aliphatic heterocycles. The standard InChI is InChI=1S/C10H10OS/c1-9(6-7-11)4-5-10-3-2-8-12-10/h2-3,6,8,11H,7H2,1H3. The number of thiophene rings is 1. The van der Waals surface area contributed by atoms with E-state index in [2.05, 4.69) is 11.8 Å². The topological polar surface area (TPSA) is 20.2 Å². The van der Waals surface area contributed by atoms with Gasteiger partial charge in [-0.25, -0.2) is 0 Å². The molecular weight excluding hydrogens is 168 g/mol. The summed E-state index contributed by atoms with van der Waals surface area (Å²) in [5, 5.41) is 10.5. The summed E-state index contributed by atoms with van der Waals surface area (Å²) in [6.07, 6.45) is 1.70. The lowest BCUT2D eigenvalue weighted by atomic mass is 10.3. The van der Waals surface area contributed by atoms with Gasteiger partial charge in [-0.15, -0.1) is 11.3 Å². The van der Waals surface area contributed by atoms with Gasteiger partial charge in [-0.1, -0.05) is 17.9 Å². The van der Waals surface area contributed by atoms with E-state index in [1.807, 2.05) is 24.4 Å². The fourth-order valence-electron chi connectivity index (χ4n) is 0.698. The second-order valence-electron chi connectivity index (χ2n) is 2.30. The number of rotatable bonds is 1. The molecule has 0 bridgehead atoms. The van der Waals surface area contributed by atoms with Crippen molar-refractivity contribution in [3.8, 4) is 11.8 Å². The summed E-state index contributed by atoms with van der Waals surface area (Å²) in [6.45, 7) is 1.95. The third-order valence-corrected chi connectivity index (χ3v) is 2.09. The van der Waals surface area contributed by atoms with Crippen LogP contribution >= 0.6 is 11.3 Å². The Morgan fingerprint density at radius 2 is 2.58 bits per heavy atom. The predicted molar refractivity (Wildman–Crippen MR) is 52.0 cm³/mol. The molecule has 2 heteroatoms. The van der Waals surface area contributed by atoms with Crippen molar-refractivity contribution in [2.24, 2.45) is 0 Å². The highest BCUT2D eigenvalue weighted by molar-refractivity contribution is 7.10. The molecule has 0 atom stereocenters. The summed E-state index contributed by atoms with van der Waals surface area (Å²) in [7, 11) is 0. The predicted octanol–water partition coefficient (Wildman–Crippen LogP) is 2.04. The highest BCUT2D eigenvalue weighted by Crippen LogP contribution is 2.05. The summed E-state index contributed by atoms with van der Waals surface area (Å²) in [4.78, 5) is 1.06. The van der Waals surface area contributed by atoms with Crippen molar-refractivity contribution in [1.82, 2.24) is 0 Å². The van der Waals surface area contributed by atoms with Crippen LogP contribution in [0.5, 0.6) is 0 Å². The second kappa shape index (κ2) is 4.76. The minimum absolute atomic E-state index is 0.0605. The zero-order valence-corrected chi connectivity index (χ0v) is 7.69. The van der Waals surface area contributed by atoms with Crippen LogP contribution in [-0.2, 0) is 0 Å². The molecule has 62 valence electrons. The Morgan fingerprint density at radius 3 is 3.17 bits per heavy atom. The lowest BCUT2D eigenvalue weighted by Gasteiger charge is -1.83. The van der Waals surface area contributed by atoms with Crippen molar-refractivity contribution in [2.45, 2.75) is 6.92 Å². The molecule has 1 rings (SSSR count). The monoisotopic (exact) mass is 178 g/mol. The molecule has 1 aromatic heterocycles. The molecule has 0 spiro atoms. The fourth-order valence-corrected chi connectivity index (χ4v) is 1.27. The number of aliphatic hydroxyl groups is 1. The molecule has 0 saturated heterocycles. The number of hydrogen-bond acceptors (Lipinski definition) is 2. The van der Waals surface area contributed by atoms with Gasteiger partial charge in [-0.2, -0.15) is 0 Å². The molecule has 0 aromatic carbocycles. The van der Waals surface area contributed by atoms with Crippen molar-refractivity contribution < 1.29 is 5.11 Å². The van der Waals surface area contributed by atoms with E-state index in [9.17, 15) is 0 Å². The van der Waals surface area contributed by atoms with Gasteiger partial charge in [0.1, 0.15) is 0 Å². The summed E-state index contributed by atoms with van der Waals surface area (Å²) >= 11 is 1.62. The molecule has 0 amide bonds. The van der Waals surface area contributed by atoms with Gasteiger partial charge in [-0.05, 0) is 30.0 Å². The van der Waals surface area contributed by atoms with Crippen LogP contribution < -0.4 is 0 Å². The van der Waals surface area contributed by atoms with Crippen molar-refractivity contribution in [3.63, 3.8) is 0 Å². The van der Waals surface area contributed by atoms with Gasteiger partial charge < -0.3 is 5.11 Å². The first-order valence-corrected chi connectivity index (χ1v) is 4.54. The Kier molecular flexibility index (Phi) is 3.59. The average Bonchev–Trinajstić information content (AvgIpc) is 2.53. The largest absolute Gasteiger partial charge is 0.392 e. The number of hydrogen-bond donors (Lipinski definition) is 1. The first kappa shape index (κ1) is 9.05. The Balaban J connectivity index is 2.66. The van der Waals surface area contributed by atoms with E-state index in [4.69, 9.17) is 5.11 Å². The molecule has 0 aliphatic carbocycles. The smallest absolute Gasteiger partial charge is 0.0772 e. The van der Waals surface area contributed by atoms with Crippen molar-refractivity contribution in [3.05, 3.63) is 34.0 Å². The van der Waals surface area contributed by atoms with Crippen LogP contribution in [0.1, 0.15) is 11.8 Å². The van der Waals surface area contributed by atoms with Crippen LogP contribution in [0.2, 0.25) is 0 Å². The molecule has 12 heavy (non-hydrogen) atoms. The normalized spacial score (nSPS) is 10.7. The minimum Gasteiger partial charge on any atom is -0.392 e. The molecule has 0 aliphatic rings. The van der Waals surface area contributed by atoms with E-state index < -0.39 is 0 Å². The lowest BCUT2D eigenvalue weighted by molar-refractivity contribution is 0.342. The summed E-state index contributed by atoms with van der Waals surface area (Å²) in [6, 6.07) is 3.95. The van der Waals surface area contributed by atoms with Crippen molar-refractivity contribution in [1.29, 1.82) is 0 Å². The van der Waals surface area contributed by atoms with E-state index in [0.717, 1.165) is 10.5 Å². The molecule has 0 radical (unpaired) electrons. The van der Waals surface area contributed by atoms with Crippen LogP contribution in [0, 0.1) is 11.8 Å². The zero-order chi connectivity index (χ0) is 8.81. The molecular formula is C10H10OS. The van der Waals surface area contributed by atoms with E-state index >= 15 is 0 Å². The first-order valence-electron chi connectivity index (χ1n) is 3.66. The molecule has 1 N–H and O–H groups in total. The summed E-state index contributed by atoms with van der Waals surface area (Å²) in [5.41, 5.74) is 0.908. The van der Waals surface area contributed by atoms with Crippen molar-refractivity contribution in [2.75, 3.05) is 6.61 Å². The quantitative estimate of drug-likeness (QED) is 0.652. The van der Waals surface area contributed by atoms with Crippen LogP contribution in [-0.4, -0.2) is 11.7 Å². The first-order chi connectivity index (χ1) is 5.83. The van der Waals surface area contributed by atoms with Crippen molar-refractivity contribution >= 4 is 11.3 Å². The minimum atomic E-state index is 0.0605. The maximum Gasteiger partial charge on any atom is 0.0772 e. The Bertz CT molecular complexity index is 311. The highest BCUT2D eigenvalue weighted by Gasteiger charge is 1.84. The van der Waals surface area contributed by atoms with E-state index in [1.165, 1.54) is 0 Å². The number of aliphatic hydroxyl groups excluding tert-OH is 1. The van der Waals surface area contributed by atoms with Crippen LogP contribution in [0.15, 0.2) is 29.2 Å². The number of allylic oxidation sites excluding steroid dienone is 1. The Morgan fingerprint density at radius 1 is 1.75 bits per heavy atom. The Hall–Kier alpha value is -1.04. The second-order valence-corrected chi connectivity index (χ2v) is 3.24. The molecule has 0 unspecified atom stereocenters. The Labute approximate surface area is 76.4 Å². The molecule has 0 saturated carbocycles. The van der Waals surface area contributed by atoms with Crippen LogP contribution in [0.25, 0.3) is 0 Å². The van der Waals surface area contributed by atoms with E-state index in [0.29, 0.717) is 0 Å². The maximum absolute atomic E-state index is 8.55. The maximum atomic E-state index is 8.55. The van der Waals surface area contributed by atoms with Gasteiger partial charge in [0, 0.05) is 0 Å². The lowest BCUT2D eigenvalue weighted by Crippen LogP contribution is -1.75. The van der Waals surface area contributed by atoms with Gasteiger partial charge in [0.2, 0.25) is 0 Å². The molecule has 1 aromatic rings. The van der Waals surface area contributed by atoms with Gasteiger partial charge in [0.25, 0.3) is 0 Å². The van der Waals surface area contributed by atoms with Gasteiger partial charge in [0.15, 0.2) is 0 Å². The van der Waals surface area contributed by atoms with Crippen LogP contribution in [0.4, 0.5) is 0 Å². The third-order valence-electron chi connectivity index (χ3n) is 1.30. The van der Waals surface area contributed by atoms with Gasteiger partial charge in [0.05, 0.1) is 11.5 Å². The summed E-state index contributed by atoms with van der Waals surface area (Å²) < 4.78 is 0. The highest BCUT2D eigenvalue weighted by atomic mass is 32.1. The van der Waals surface area contributed by atoms with E-state index in [1.54, 1.807) is 17.4 Å². The average molecular weight is 178 g/mol. The fraction of sp³-hybridized carbons (Fsp3) is 0.200. The summed E-state index contributed by atoms with van der Waals surface area (Å²) in [5.74, 6) is 5.95. The SMILES string of the molecule is CC(C#Cc1cccs1)=CCO. The molecule has 1 heterocycles. The van der Waals surface area contributed by atoms with Gasteiger partial charge >= 0.3 is 0 Å². The zero-order valence-electron chi connectivity index (χ0n) is 6.87. The molecule has 1 nitrogen and oxygen atoms in total. The van der Waals surface area contributed by atoms with Crippen LogP contribution in [0.3, 0.4) is 0 Å².